The molecular weight excluding hydrogens is 715 g/mol. The smallest absolute Gasteiger partial charge is 0.143 e. The molecule has 2 nitrogen and oxygen atoms in total. The van der Waals surface area contributed by atoms with Crippen LogP contribution in [0.25, 0.3) is 66.4 Å². The molecule has 2 aliphatic carbocycles. The number of anilines is 3. The summed E-state index contributed by atoms with van der Waals surface area (Å²) in [7, 11) is 0. The minimum atomic E-state index is -0.454. The van der Waals surface area contributed by atoms with E-state index in [1.807, 2.05) is 6.07 Å². The van der Waals surface area contributed by atoms with Crippen molar-refractivity contribution in [1.29, 1.82) is 0 Å². The second-order valence-electron chi connectivity index (χ2n) is 16.2. The maximum absolute atomic E-state index is 6.49. The number of hydrogen-bond donors (Lipinski definition) is 0. The van der Waals surface area contributed by atoms with Crippen LogP contribution in [0.1, 0.15) is 33.4 Å². The number of furan rings is 1. The molecule has 0 bridgehead atoms. The van der Waals surface area contributed by atoms with E-state index in [9.17, 15) is 0 Å². The Kier molecular flexibility index (Phi) is 7.31. The molecular formula is C57H39NO. The van der Waals surface area contributed by atoms with Gasteiger partial charge in [0.1, 0.15) is 11.2 Å². The van der Waals surface area contributed by atoms with Crippen LogP contribution in [0.4, 0.5) is 17.1 Å². The third-order valence-electron chi connectivity index (χ3n) is 12.8. The first kappa shape index (κ1) is 33.7. The first-order valence-electron chi connectivity index (χ1n) is 20.5. The van der Waals surface area contributed by atoms with Crippen LogP contribution in [-0.2, 0) is 5.41 Å². The van der Waals surface area contributed by atoms with Gasteiger partial charge in [0.05, 0.1) is 11.1 Å². The highest BCUT2D eigenvalue weighted by Crippen LogP contribution is 2.63. The Labute approximate surface area is 344 Å². The third kappa shape index (κ3) is 4.87. The standard InChI is InChI=1S/C57H39NO/c1-36-23-30-45-46-31-24-37(2)34-52(46)57(51(45)33-36)50-20-9-6-16-44(50)47-32-29-41(35-53(47)57)58(54-21-10-7-15-42(54)38-13-4-3-5-14-38)40-27-25-39(26-28-40)43-18-12-19-49-48-17-8-11-22-55(48)59-56(43)49/h3-35H,1-2H3. The number of nitrogens with zero attached hydrogens (tertiary/aromatic N) is 1. The zero-order valence-corrected chi connectivity index (χ0v) is 32.9. The van der Waals surface area contributed by atoms with Crippen molar-refractivity contribution in [2.75, 3.05) is 4.90 Å². The number of rotatable bonds is 5. The Morgan fingerprint density at radius 1 is 0.373 bits per heavy atom. The third-order valence-corrected chi connectivity index (χ3v) is 12.8. The molecule has 10 aromatic rings. The number of fused-ring (bicyclic) bond motifs is 13. The average Bonchev–Trinajstić information content (AvgIpc) is 3.91. The second-order valence-corrected chi connectivity index (χ2v) is 16.2. The van der Waals surface area contributed by atoms with E-state index >= 15 is 0 Å². The predicted octanol–water partition coefficient (Wildman–Crippen LogP) is 15.4. The van der Waals surface area contributed by atoms with Gasteiger partial charge >= 0.3 is 0 Å². The summed E-state index contributed by atoms with van der Waals surface area (Å²) in [5, 5.41) is 2.27. The highest BCUT2D eigenvalue weighted by Gasteiger charge is 2.52. The molecule has 0 atom stereocenters. The molecule has 278 valence electrons. The molecule has 2 heteroatoms. The molecule has 1 spiro atoms. The van der Waals surface area contributed by atoms with Gasteiger partial charge in [-0.15, -0.1) is 0 Å². The molecule has 0 saturated carbocycles. The lowest BCUT2D eigenvalue weighted by Gasteiger charge is -2.33. The molecule has 0 amide bonds. The first-order chi connectivity index (χ1) is 29.1. The SMILES string of the molecule is Cc1ccc2c(c1)C1(c3ccccc3-c3ccc(N(c4ccc(-c5cccc6c5oc5ccccc56)cc4)c4ccccc4-c4ccccc4)cc31)c1cc(C)ccc1-2. The maximum Gasteiger partial charge on any atom is 0.143 e. The van der Waals surface area contributed by atoms with E-state index in [-0.39, 0.29) is 0 Å². The molecule has 0 unspecified atom stereocenters. The molecule has 0 radical (unpaired) electrons. The topological polar surface area (TPSA) is 16.4 Å². The van der Waals surface area contributed by atoms with Crippen LogP contribution in [0.5, 0.6) is 0 Å². The van der Waals surface area contributed by atoms with Crippen molar-refractivity contribution < 1.29 is 4.42 Å². The summed E-state index contributed by atoms with van der Waals surface area (Å²) in [6.45, 7) is 4.45. The van der Waals surface area contributed by atoms with Crippen LogP contribution >= 0.6 is 0 Å². The van der Waals surface area contributed by atoms with Crippen molar-refractivity contribution in [3.63, 3.8) is 0 Å². The summed E-state index contributed by atoms with van der Waals surface area (Å²) >= 11 is 0. The van der Waals surface area contributed by atoms with E-state index in [0.29, 0.717) is 0 Å². The van der Waals surface area contributed by atoms with Gasteiger partial charge < -0.3 is 9.32 Å². The summed E-state index contributed by atoms with van der Waals surface area (Å²) in [6.07, 6.45) is 0. The minimum Gasteiger partial charge on any atom is -0.455 e. The number of para-hydroxylation sites is 3. The fourth-order valence-electron chi connectivity index (χ4n) is 10.3. The van der Waals surface area contributed by atoms with Gasteiger partial charge in [-0.05, 0) is 106 Å². The Morgan fingerprint density at radius 2 is 0.915 bits per heavy atom. The predicted molar refractivity (Wildman–Crippen MR) is 245 cm³/mol. The van der Waals surface area contributed by atoms with Crippen LogP contribution in [0.2, 0.25) is 0 Å². The van der Waals surface area contributed by atoms with E-state index in [1.165, 1.54) is 66.8 Å². The Morgan fingerprint density at radius 3 is 1.68 bits per heavy atom. The normalized spacial score (nSPS) is 13.1. The lowest BCUT2D eigenvalue weighted by molar-refractivity contribution is 0.670. The van der Waals surface area contributed by atoms with Gasteiger partial charge in [-0.2, -0.15) is 0 Å². The van der Waals surface area contributed by atoms with Crippen LogP contribution in [-0.4, -0.2) is 0 Å². The highest BCUT2D eigenvalue weighted by atomic mass is 16.3. The van der Waals surface area contributed by atoms with Gasteiger partial charge in [0.15, 0.2) is 0 Å². The van der Waals surface area contributed by atoms with Gasteiger partial charge in [0, 0.05) is 33.3 Å². The molecule has 1 aromatic heterocycles. The van der Waals surface area contributed by atoms with Crippen LogP contribution in [0.15, 0.2) is 205 Å². The molecule has 0 aliphatic heterocycles. The summed E-state index contributed by atoms with van der Waals surface area (Å²) in [6, 6.07) is 73.7. The summed E-state index contributed by atoms with van der Waals surface area (Å²) in [4.78, 5) is 2.45. The zero-order valence-electron chi connectivity index (χ0n) is 32.9. The molecule has 9 aromatic carbocycles. The van der Waals surface area contributed by atoms with Crippen molar-refractivity contribution in [2.24, 2.45) is 0 Å². The lowest BCUT2D eigenvalue weighted by atomic mass is 9.70. The Bertz CT molecular complexity index is 3250. The van der Waals surface area contributed by atoms with Gasteiger partial charge in [0.25, 0.3) is 0 Å². The van der Waals surface area contributed by atoms with Gasteiger partial charge in [0.2, 0.25) is 0 Å². The number of hydrogen-bond acceptors (Lipinski definition) is 2. The highest BCUT2D eigenvalue weighted by molar-refractivity contribution is 6.09. The van der Waals surface area contributed by atoms with Gasteiger partial charge in [-0.25, -0.2) is 0 Å². The average molecular weight is 754 g/mol. The summed E-state index contributed by atoms with van der Waals surface area (Å²) in [5.41, 5.74) is 22.4. The van der Waals surface area contributed by atoms with E-state index in [2.05, 4.69) is 213 Å². The Balaban J connectivity index is 1.09. The molecule has 59 heavy (non-hydrogen) atoms. The zero-order chi connectivity index (χ0) is 39.2. The van der Waals surface area contributed by atoms with Crippen molar-refractivity contribution >= 4 is 39.0 Å². The van der Waals surface area contributed by atoms with Crippen LogP contribution in [0, 0.1) is 13.8 Å². The van der Waals surface area contributed by atoms with Crippen molar-refractivity contribution in [2.45, 2.75) is 19.3 Å². The minimum absolute atomic E-state index is 0.454. The molecule has 0 saturated heterocycles. The number of aryl methyl sites for hydroxylation is 2. The fourth-order valence-corrected chi connectivity index (χ4v) is 10.3. The quantitative estimate of drug-likeness (QED) is 0.174. The van der Waals surface area contributed by atoms with E-state index in [4.69, 9.17) is 4.42 Å². The van der Waals surface area contributed by atoms with Crippen LogP contribution < -0.4 is 4.90 Å². The first-order valence-corrected chi connectivity index (χ1v) is 20.5. The van der Waals surface area contributed by atoms with Crippen molar-refractivity contribution in [1.82, 2.24) is 0 Å². The van der Waals surface area contributed by atoms with Crippen molar-refractivity contribution in [3.05, 3.63) is 234 Å². The van der Waals surface area contributed by atoms with E-state index < -0.39 is 5.41 Å². The molecule has 2 aliphatic rings. The lowest BCUT2D eigenvalue weighted by Crippen LogP contribution is -2.26. The van der Waals surface area contributed by atoms with Gasteiger partial charge in [-0.1, -0.05) is 175 Å². The largest absolute Gasteiger partial charge is 0.455 e. The molecule has 0 fully saturated rings. The van der Waals surface area contributed by atoms with Gasteiger partial charge in [-0.3, -0.25) is 0 Å². The molecule has 1 heterocycles. The molecule has 12 rings (SSSR count). The Hall–Kier alpha value is -7.42. The monoisotopic (exact) mass is 753 g/mol. The summed E-state index contributed by atoms with van der Waals surface area (Å²) < 4.78 is 6.49. The number of benzene rings is 9. The van der Waals surface area contributed by atoms with Crippen LogP contribution in [0.3, 0.4) is 0 Å². The molecule has 0 N–H and O–H groups in total. The van der Waals surface area contributed by atoms with E-state index in [1.54, 1.807) is 0 Å². The van der Waals surface area contributed by atoms with Crippen molar-refractivity contribution in [3.8, 4) is 44.5 Å². The maximum atomic E-state index is 6.49. The fraction of sp³-hybridized carbons (Fsp3) is 0.0526. The second kappa shape index (κ2) is 12.8. The summed E-state index contributed by atoms with van der Waals surface area (Å²) in [5.74, 6) is 0. The van der Waals surface area contributed by atoms with E-state index in [0.717, 1.165) is 50.1 Å².